The van der Waals surface area contributed by atoms with E-state index >= 15 is 0 Å². The average Bonchev–Trinajstić information content (AvgIpc) is 3.19. The largest absolute Gasteiger partial charge is 0.497 e. The summed E-state index contributed by atoms with van der Waals surface area (Å²) in [5.74, 6) is 1.20. The summed E-state index contributed by atoms with van der Waals surface area (Å²) in [6.45, 7) is 2.67. The Labute approximate surface area is 187 Å². The highest BCUT2D eigenvalue weighted by Crippen LogP contribution is 2.35. The molecule has 1 aliphatic rings. The molecule has 3 aromatic rings. The SMILES string of the molecule is COc1ccc2c(N3CC[C@H](NC(C)=O)C3)nc(Nc3cc(N)cc(C(F)(F)F)c3)nc2c1. The molecule has 0 bridgehead atoms. The van der Waals surface area contributed by atoms with E-state index in [0.717, 1.165) is 23.9 Å². The van der Waals surface area contributed by atoms with E-state index in [1.165, 1.54) is 20.1 Å². The van der Waals surface area contributed by atoms with E-state index < -0.39 is 11.7 Å². The van der Waals surface area contributed by atoms with Crippen LogP contribution in [0.2, 0.25) is 0 Å². The van der Waals surface area contributed by atoms with Gasteiger partial charge in [-0.05, 0) is 36.8 Å². The number of aromatic nitrogens is 2. The third kappa shape index (κ3) is 5.02. The van der Waals surface area contributed by atoms with Crippen LogP contribution in [0.3, 0.4) is 0 Å². The first-order valence-corrected chi connectivity index (χ1v) is 10.2. The van der Waals surface area contributed by atoms with Gasteiger partial charge in [0, 0.05) is 48.9 Å². The van der Waals surface area contributed by atoms with Crippen LogP contribution < -0.4 is 26.0 Å². The van der Waals surface area contributed by atoms with E-state index in [0.29, 0.717) is 30.2 Å². The summed E-state index contributed by atoms with van der Waals surface area (Å²) in [5.41, 5.74) is 5.46. The van der Waals surface area contributed by atoms with Gasteiger partial charge in [-0.25, -0.2) is 4.98 Å². The van der Waals surface area contributed by atoms with Crippen molar-refractivity contribution in [2.75, 3.05) is 36.1 Å². The molecule has 1 saturated heterocycles. The Kier molecular flexibility index (Phi) is 5.88. The third-order valence-corrected chi connectivity index (χ3v) is 5.32. The standard InChI is InChI=1S/C22H23F3N6O2/c1-12(32)27-15-5-6-31(11-15)20-18-4-3-17(33-2)10-19(18)29-21(30-20)28-16-8-13(22(23,24)25)7-14(26)9-16/h3-4,7-10,15H,5-6,11,26H2,1-2H3,(H,27,32)(H,28,29,30)/t15-/m0/s1. The lowest BCUT2D eigenvalue weighted by atomic mass is 10.1. The Balaban J connectivity index is 1.74. The highest BCUT2D eigenvalue weighted by Gasteiger charge is 2.31. The molecule has 1 amide bonds. The molecule has 0 unspecified atom stereocenters. The molecule has 11 heteroatoms. The molecule has 0 saturated carbocycles. The topological polar surface area (TPSA) is 105 Å². The Morgan fingerprint density at radius 1 is 1.21 bits per heavy atom. The van der Waals surface area contributed by atoms with Crippen molar-refractivity contribution in [3.05, 3.63) is 42.0 Å². The molecular formula is C22H23F3N6O2. The van der Waals surface area contributed by atoms with Crippen LogP contribution in [0.5, 0.6) is 5.75 Å². The van der Waals surface area contributed by atoms with E-state index in [1.54, 1.807) is 12.1 Å². The van der Waals surface area contributed by atoms with Gasteiger partial charge in [0.15, 0.2) is 0 Å². The van der Waals surface area contributed by atoms with Crippen molar-refractivity contribution in [3.8, 4) is 5.75 Å². The number of amides is 1. The first-order valence-electron chi connectivity index (χ1n) is 10.2. The molecular weight excluding hydrogens is 437 g/mol. The first-order chi connectivity index (χ1) is 15.6. The van der Waals surface area contributed by atoms with Gasteiger partial charge >= 0.3 is 6.18 Å². The number of nitrogen functional groups attached to an aromatic ring is 1. The van der Waals surface area contributed by atoms with Gasteiger partial charge in [-0.15, -0.1) is 0 Å². The molecule has 4 N–H and O–H groups in total. The van der Waals surface area contributed by atoms with Gasteiger partial charge in [0.2, 0.25) is 11.9 Å². The van der Waals surface area contributed by atoms with Crippen molar-refractivity contribution in [3.63, 3.8) is 0 Å². The number of fused-ring (bicyclic) bond motifs is 1. The van der Waals surface area contributed by atoms with Crippen molar-refractivity contribution in [2.24, 2.45) is 0 Å². The highest BCUT2D eigenvalue weighted by molar-refractivity contribution is 5.92. The number of alkyl halides is 3. The second kappa shape index (κ2) is 8.64. The molecule has 33 heavy (non-hydrogen) atoms. The Morgan fingerprint density at radius 3 is 2.70 bits per heavy atom. The minimum Gasteiger partial charge on any atom is -0.497 e. The zero-order valence-corrected chi connectivity index (χ0v) is 18.0. The number of ether oxygens (including phenoxy) is 1. The van der Waals surface area contributed by atoms with E-state index in [-0.39, 0.29) is 29.3 Å². The van der Waals surface area contributed by atoms with E-state index in [1.807, 2.05) is 11.0 Å². The van der Waals surface area contributed by atoms with Crippen LogP contribution in [0.1, 0.15) is 18.9 Å². The molecule has 2 heterocycles. The summed E-state index contributed by atoms with van der Waals surface area (Å²) in [6, 6.07) is 8.54. The minimum atomic E-state index is -4.54. The fourth-order valence-electron chi connectivity index (χ4n) is 3.89. The molecule has 8 nitrogen and oxygen atoms in total. The summed E-state index contributed by atoms with van der Waals surface area (Å²) in [7, 11) is 1.53. The smallest absolute Gasteiger partial charge is 0.416 e. The van der Waals surface area contributed by atoms with Gasteiger partial charge < -0.3 is 26.0 Å². The van der Waals surface area contributed by atoms with Crippen molar-refractivity contribution >= 4 is 40.0 Å². The average molecular weight is 460 g/mol. The van der Waals surface area contributed by atoms with E-state index in [4.69, 9.17) is 10.5 Å². The van der Waals surface area contributed by atoms with Gasteiger partial charge in [-0.1, -0.05) is 0 Å². The maximum atomic E-state index is 13.2. The number of carbonyl (C=O) groups is 1. The lowest BCUT2D eigenvalue weighted by Crippen LogP contribution is -2.35. The number of anilines is 4. The predicted octanol–water partition coefficient (Wildman–Crippen LogP) is 3.70. The molecule has 1 fully saturated rings. The second-order valence-electron chi connectivity index (χ2n) is 7.85. The lowest BCUT2D eigenvalue weighted by Gasteiger charge is -2.21. The maximum absolute atomic E-state index is 13.2. The Hall–Kier alpha value is -3.76. The van der Waals surface area contributed by atoms with Crippen LogP contribution in [-0.2, 0) is 11.0 Å². The number of nitrogens with zero attached hydrogens (tertiary/aromatic N) is 3. The van der Waals surface area contributed by atoms with Crippen LogP contribution in [0.15, 0.2) is 36.4 Å². The minimum absolute atomic E-state index is 0.0227. The lowest BCUT2D eigenvalue weighted by molar-refractivity contribution is -0.137. The molecule has 0 spiro atoms. The zero-order chi connectivity index (χ0) is 23.8. The predicted molar refractivity (Wildman–Crippen MR) is 120 cm³/mol. The number of hydrogen-bond acceptors (Lipinski definition) is 7. The van der Waals surface area contributed by atoms with Crippen molar-refractivity contribution in [1.29, 1.82) is 0 Å². The summed E-state index contributed by atoms with van der Waals surface area (Å²) in [6.07, 6.45) is -3.79. The number of carbonyl (C=O) groups excluding carboxylic acids is 1. The fraction of sp³-hybridized carbons (Fsp3) is 0.318. The number of nitrogens with one attached hydrogen (secondary N) is 2. The molecule has 0 aliphatic carbocycles. The van der Waals surface area contributed by atoms with Crippen LogP contribution in [-0.4, -0.2) is 42.1 Å². The summed E-state index contributed by atoms with van der Waals surface area (Å²) in [5, 5.41) is 6.52. The number of methoxy groups -OCH3 is 1. The quantitative estimate of drug-likeness (QED) is 0.499. The van der Waals surface area contributed by atoms with Crippen molar-refractivity contribution < 1.29 is 22.7 Å². The molecule has 2 aromatic carbocycles. The number of rotatable bonds is 5. The Bertz CT molecular complexity index is 1200. The first kappa shape index (κ1) is 22.4. The Morgan fingerprint density at radius 2 is 2.00 bits per heavy atom. The van der Waals surface area contributed by atoms with Crippen molar-refractivity contribution in [2.45, 2.75) is 25.6 Å². The van der Waals surface area contributed by atoms with Gasteiger partial charge in [-0.3, -0.25) is 4.79 Å². The van der Waals surface area contributed by atoms with Gasteiger partial charge in [0.25, 0.3) is 0 Å². The second-order valence-corrected chi connectivity index (χ2v) is 7.85. The number of halogens is 3. The molecule has 4 rings (SSSR count). The van der Waals surface area contributed by atoms with Gasteiger partial charge in [0.05, 0.1) is 18.2 Å². The van der Waals surface area contributed by atoms with Crippen LogP contribution in [0.4, 0.5) is 36.3 Å². The summed E-state index contributed by atoms with van der Waals surface area (Å²) in [4.78, 5) is 22.5. The van der Waals surface area contributed by atoms with Crippen LogP contribution >= 0.6 is 0 Å². The molecule has 1 atom stereocenters. The number of benzene rings is 2. The van der Waals surface area contributed by atoms with Crippen LogP contribution in [0.25, 0.3) is 10.9 Å². The monoisotopic (exact) mass is 460 g/mol. The zero-order valence-electron chi connectivity index (χ0n) is 18.0. The van der Waals surface area contributed by atoms with Crippen LogP contribution in [0, 0.1) is 0 Å². The van der Waals surface area contributed by atoms with Gasteiger partial charge in [-0.2, -0.15) is 18.2 Å². The number of nitrogens with two attached hydrogens (primary N) is 1. The molecule has 1 aliphatic heterocycles. The fourth-order valence-corrected chi connectivity index (χ4v) is 3.89. The van der Waals surface area contributed by atoms with Gasteiger partial charge in [0.1, 0.15) is 11.6 Å². The highest BCUT2D eigenvalue weighted by atomic mass is 19.4. The summed E-state index contributed by atoms with van der Waals surface area (Å²) < 4.78 is 44.9. The molecule has 0 radical (unpaired) electrons. The van der Waals surface area contributed by atoms with E-state index in [9.17, 15) is 18.0 Å². The van der Waals surface area contributed by atoms with E-state index in [2.05, 4.69) is 20.6 Å². The third-order valence-electron chi connectivity index (χ3n) is 5.32. The normalized spacial score (nSPS) is 16.2. The molecule has 1 aromatic heterocycles. The number of hydrogen-bond donors (Lipinski definition) is 3. The maximum Gasteiger partial charge on any atom is 0.416 e. The van der Waals surface area contributed by atoms with Crippen molar-refractivity contribution in [1.82, 2.24) is 15.3 Å². The molecule has 174 valence electrons. The summed E-state index contributed by atoms with van der Waals surface area (Å²) >= 11 is 0.